The minimum absolute atomic E-state index is 0.217. The van der Waals surface area contributed by atoms with E-state index in [1.807, 2.05) is 22.5 Å². The Hall–Kier alpha value is -4.13. The van der Waals surface area contributed by atoms with Gasteiger partial charge in [0.15, 0.2) is 12.3 Å². The molecule has 10 nitrogen and oxygen atoms in total. The number of aromatic nitrogens is 3. The van der Waals surface area contributed by atoms with Crippen LogP contribution in [0.25, 0.3) is 5.65 Å². The van der Waals surface area contributed by atoms with E-state index in [0.717, 1.165) is 55.0 Å². The van der Waals surface area contributed by atoms with Crippen LogP contribution in [0.15, 0.2) is 30.3 Å². The maximum Gasteiger partial charge on any atom is 0.258 e. The topological polar surface area (TPSA) is 116 Å². The molecule has 3 aromatic rings. The van der Waals surface area contributed by atoms with Crippen LogP contribution in [0.3, 0.4) is 0 Å². The van der Waals surface area contributed by atoms with Crippen molar-refractivity contribution in [3.63, 3.8) is 0 Å². The highest BCUT2D eigenvalue weighted by Crippen LogP contribution is 2.41. The van der Waals surface area contributed by atoms with E-state index in [9.17, 15) is 14.9 Å². The van der Waals surface area contributed by atoms with Gasteiger partial charge < -0.3 is 19.9 Å². The van der Waals surface area contributed by atoms with Crippen molar-refractivity contribution < 1.29 is 14.3 Å². The number of likely N-dealkylation sites (N-methyl/N-ethyl adjacent to an activating group) is 1. The molecular formula is C27H29N7O3. The number of carbonyl (C=O) groups excluding carboxylic acids is 2. The summed E-state index contributed by atoms with van der Waals surface area (Å²) in [6.45, 7) is 1.36. The molecule has 6 rings (SSSR count). The molecule has 190 valence electrons. The molecular weight excluding hydrogens is 470 g/mol. The van der Waals surface area contributed by atoms with E-state index < -0.39 is 0 Å². The van der Waals surface area contributed by atoms with Crippen molar-refractivity contribution in [1.29, 1.82) is 5.26 Å². The number of fused-ring (bicyclic) bond motifs is 4. The van der Waals surface area contributed by atoms with Crippen LogP contribution in [0.5, 0.6) is 5.75 Å². The summed E-state index contributed by atoms with van der Waals surface area (Å²) >= 11 is 0. The van der Waals surface area contributed by atoms with Gasteiger partial charge in [-0.3, -0.25) is 9.59 Å². The van der Waals surface area contributed by atoms with E-state index in [1.165, 1.54) is 0 Å². The highest BCUT2D eigenvalue weighted by atomic mass is 16.5. The molecule has 4 heterocycles. The number of nitriles is 1. The molecule has 0 spiro atoms. The van der Waals surface area contributed by atoms with Crippen molar-refractivity contribution >= 4 is 23.3 Å². The second kappa shape index (κ2) is 9.39. The van der Waals surface area contributed by atoms with Crippen molar-refractivity contribution in [2.24, 2.45) is 0 Å². The van der Waals surface area contributed by atoms with E-state index in [-0.39, 0.29) is 30.0 Å². The highest BCUT2D eigenvalue weighted by molar-refractivity contribution is 5.97. The summed E-state index contributed by atoms with van der Waals surface area (Å²) in [6.07, 6.45) is 4.92. The lowest BCUT2D eigenvalue weighted by Gasteiger charge is -2.35. The van der Waals surface area contributed by atoms with E-state index in [1.54, 1.807) is 18.2 Å². The third-order valence-corrected chi connectivity index (χ3v) is 7.41. The molecule has 2 aromatic heterocycles. The van der Waals surface area contributed by atoms with Gasteiger partial charge in [0.25, 0.3) is 11.8 Å². The average Bonchev–Trinajstić information content (AvgIpc) is 3.68. The van der Waals surface area contributed by atoms with Gasteiger partial charge in [0.05, 0.1) is 28.9 Å². The Kier molecular flexibility index (Phi) is 5.91. The molecule has 1 aliphatic carbocycles. The fraction of sp³-hybridized carbons (Fsp3) is 0.444. The number of amides is 2. The molecule has 1 aromatic carbocycles. The number of ether oxygens (including phenoxy) is 1. The molecule has 2 aliphatic heterocycles. The molecule has 3 aliphatic rings. The minimum atomic E-state index is -0.279. The number of hydrogen-bond acceptors (Lipinski definition) is 7. The third kappa shape index (κ3) is 4.46. The van der Waals surface area contributed by atoms with Crippen LogP contribution in [0, 0.1) is 11.3 Å². The van der Waals surface area contributed by atoms with Gasteiger partial charge in [0, 0.05) is 50.4 Å². The standard InChI is InChI=1S/C27H29N7O3/c1-32-11-9-29-25(35)16-37-23-8-5-17(15-28)12-19(23)27(36)33-10-3-2-4-22(33)21-13-24-30-20(18-6-7-18)14-26(32)34(24)31-21/h5,8,12-14,18,22H,2-4,6-7,9-11,16H2,1H3,(H,29,35). The molecule has 1 atom stereocenters. The molecule has 1 saturated heterocycles. The Morgan fingerprint density at radius 2 is 1.95 bits per heavy atom. The average molecular weight is 500 g/mol. The Morgan fingerprint density at radius 1 is 1.08 bits per heavy atom. The van der Waals surface area contributed by atoms with Crippen LogP contribution in [0.1, 0.15) is 71.4 Å². The van der Waals surface area contributed by atoms with Crippen molar-refractivity contribution in [2.75, 3.05) is 38.2 Å². The number of piperidine rings is 1. The zero-order chi connectivity index (χ0) is 25.5. The first-order valence-corrected chi connectivity index (χ1v) is 12.9. The fourth-order valence-electron chi connectivity index (χ4n) is 5.22. The molecule has 2 bridgehead atoms. The second-order valence-electron chi connectivity index (χ2n) is 10.0. The van der Waals surface area contributed by atoms with E-state index >= 15 is 0 Å². The summed E-state index contributed by atoms with van der Waals surface area (Å²) in [4.78, 5) is 35.3. The number of carbonyl (C=O) groups is 2. The lowest BCUT2D eigenvalue weighted by atomic mass is 9.97. The molecule has 1 saturated carbocycles. The largest absolute Gasteiger partial charge is 0.483 e. The van der Waals surface area contributed by atoms with Crippen molar-refractivity contribution in [2.45, 2.75) is 44.1 Å². The van der Waals surface area contributed by atoms with Gasteiger partial charge in [-0.2, -0.15) is 14.9 Å². The molecule has 37 heavy (non-hydrogen) atoms. The number of anilines is 1. The van der Waals surface area contributed by atoms with Crippen LogP contribution >= 0.6 is 0 Å². The molecule has 2 fully saturated rings. The van der Waals surface area contributed by atoms with E-state index in [2.05, 4.69) is 22.4 Å². The molecule has 0 radical (unpaired) electrons. The predicted octanol–water partition coefficient (Wildman–Crippen LogP) is 2.79. The first kappa shape index (κ1) is 23.3. The molecule has 1 unspecified atom stereocenters. The SMILES string of the molecule is CN1CCNC(=O)COc2ccc(C#N)cc2C(=O)N2CCCCC2c2cc3nc(C4CC4)cc1n3n2. The number of nitrogens with one attached hydrogen (secondary N) is 1. The van der Waals surface area contributed by atoms with Gasteiger partial charge in [-0.15, -0.1) is 0 Å². The predicted molar refractivity (Wildman–Crippen MR) is 136 cm³/mol. The monoisotopic (exact) mass is 499 g/mol. The maximum absolute atomic E-state index is 13.9. The summed E-state index contributed by atoms with van der Waals surface area (Å²) in [5.41, 5.74) is 3.28. The lowest BCUT2D eigenvalue weighted by molar-refractivity contribution is -0.123. The van der Waals surface area contributed by atoms with Crippen LogP contribution in [0.4, 0.5) is 5.82 Å². The molecule has 1 N–H and O–H groups in total. The van der Waals surface area contributed by atoms with Crippen molar-refractivity contribution in [3.8, 4) is 11.8 Å². The normalized spacial score (nSPS) is 20.7. The van der Waals surface area contributed by atoms with Gasteiger partial charge in [-0.25, -0.2) is 4.98 Å². The van der Waals surface area contributed by atoms with Gasteiger partial charge >= 0.3 is 0 Å². The van der Waals surface area contributed by atoms with E-state index in [0.29, 0.717) is 36.9 Å². The number of rotatable bonds is 1. The smallest absolute Gasteiger partial charge is 0.258 e. The Balaban J connectivity index is 1.48. The summed E-state index contributed by atoms with van der Waals surface area (Å²) in [6, 6.07) is 10.7. The summed E-state index contributed by atoms with van der Waals surface area (Å²) in [5, 5.41) is 17.3. The fourth-order valence-corrected chi connectivity index (χ4v) is 5.22. The Bertz CT molecular complexity index is 1420. The van der Waals surface area contributed by atoms with Crippen molar-refractivity contribution in [3.05, 3.63) is 52.8 Å². The van der Waals surface area contributed by atoms with Gasteiger partial charge in [0.2, 0.25) is 0 Å². The number of benzene rings is 1. The highest BCUT2D eigenvalue weighted by Gasteiger charge is 2.33. The summed E-state index contributed by atoms with van der Waals surface area (Å²) in [5.74, 6) is 1.17. The van der Waals surface area contributed by atoms with Gasteiger partial charge in [-0.05, 0) is 50.3 Å². The number of hydrogen-bond donors (Lipinski definition) is 1. The minimum Gasteiger partial charge on any atom is -0.483 e. The molecule has 2 amide bonds. The maximum atomic E-state index is 13.9. The van der Waals surface area contributed by atoms with Crippen LogP contribution in [-0.4, -0.2) is 64.6 Å². The van der Waals surface area contributed by atoms with Gasteiger partial charge in [-0.1, -0.05) is 0 Å². The first-order valence-electron chi connectivity index (χ1n) is 12.9. The zero-order valence-electron chi connectivity index (χ0n) is 20.8. The molecule has 10 heteroatoms. The van der Waals surface area contributed by atoms with Crippen molar-refractivity contribution in [1.82, 2.24) is 24.8 Å². The van der Waals surface area contributed by atoms with Gasteiger partial charge in [0.1, 0.15) is 11.6 Å². The van der Waals surface area contributed by atoms with E-state index in [4.69, 9.17) is 14.8 Å². The lowest BCUT2D eigenvalue weighted by Crippen LogP contribution is -2.39. The van der Waals surface area contributed by atoms with Crippen LogP contribution in [-0.2, 0) is 4.79 Å². The Labute approximate surface area is 214 Å². The van der Waals surface area contributed by atoms with Crippen LogP contribution < -0.4 is 15.0 Å². The first-order chi connectivity index (χ1) is 18.0. The summed E-state index contributed by atoms with van der Waals surface area (Å²) < 4.78 is 7.65. The zero-order valence-corrected chi connectivity index (χ0v) is 20.8. The Morgan fingerprint density at radius 3 is 2.76 bits per heavy atom. The second-order valence-corrected chi connectivity index (χ2v) is 10.0. The summed E-state index contributed by atoms with van der Waals surface area (Å²) in [7, 11) is 1.98. The third-order valence-electron chi connectivity index (χ3n) is 7.41. The van der Waals surface area contributed by atoms with Crippen LogP contribution in [0.2, 0.25) is 0 Å². The quantitative estimate of drug-likeness (QED) is 0.547. The number of nitrogens with zero attached hydrogens (tertiary/aromatic N) is 6.